The highest BCUT2D eigenvalue weighted by molar-refractivity contribution is 5.60. The van der Waals surface area contributed by atoms with Crippen LogP contribution in [0.2, 0.25) is 0 Å². The van der Waals surface area contributed by atoms with Gasteiger partial charge in [0.15, 0.2) is 0 Å². The Morgan fingerprint density at radius 3 is 2.29 bits per heavy atom. The van der Waals surface area contributed by atoms with E-state index in [0.29, 0.717) is 36.6 Å². The van der Waals surface area contributed by atoms with Gasteiger partial charge in [0, 0.05) is 18.9 Å². The van der Waals surface area contributed by atoms with Crippen LogP contribution in [-0.4, -0.2) is 30.0 Å². The Morgan fingerprint density at radius 2 is 1.76 bits per heavy atom. The quantitative estimate of drug-likeness (QED) is 0.523. The van der Waals surface area contributed by atoms with Gasteiger partial charge in [0.25, 0.3) is 0 Å². The Morgan fingerprint density at radius 1 is 1.12 bits per heavy atom. The molecule has 0 spiro atoms. The second-order valence-electron chi connectivity index (χ2n) is 4.00. The van der Waals surface area contributed by atoms with Gasteiger partial charge in [0.2, 0.25) is 0 Å². The largest absolute Gasteiger partial charge is 0.491 e. The van der Waals surface area contributed by atoms with E-state index in [1.807, 2.05) is 0 Å². The molecule has 0 atom stereocenters. The Labute approximate surface area is 101 Å². The smallest absolute Gasteiger partial charge is 0.142 e. The van der Waals surface area contributed by atoms with E-state index in [9.17, 15) is 0 Å². The molecule has 0 aliphatic rings. The molecule has 0 radical (unpaired) electrons. The predicted octanol–water partition coefficient (Wildman–Crippen LogP) is 0.611. The number of nitrogens with two attached hydrogens (primary N) is 2. The van der Waals surface area contributed by atoms with Gasteiger partial charge in [-0.3, -0.25) is 0 Å². The fraction of sp³-hybridized carbons (Fsp3) is 0.500. The third-order valence-corrected chi connectivity index (χ3v) is 2.58. The molecular formula is C12H20N2O3. The van der Waals surface area contributed by atoms with Crippen molar-refractivity contribution >= 4 is 11.4 Å². The van der Waals surface area contributed by atoms with Gasteiger partial charge in [0.05, 0.1) is 12.3 Å². The molecule has 0 aliphatic carbocycles. The Kier molecular flexibility index (Phi) is 5.59. The van der Waals surface area contributed by atoms with Crippen molar-refractivity contribution in [3.63, 3.8) is 0 Å². The molecule has 1 rings (SSSR count). The summed E-state index contributed by atoms with van der Waals surface area (Å²) < 4.78 is 5.56. The molecule has 5 nitrogen and oxygen atoms in total. The fourth-order valence-corrected chi connectivity index (χ4v) is 1.58. The van der Waals surface area contributed by atoms with Crippen molar-refractivity contribution in [1.82, 2.24) is 0 Å². The van der Waals surface area contributed by atoms with E-state index in [0.717, 1.165) is 0 Å². The van der Waals surface area contributed by atoms with Crippen molar-refractivity contribution < 1.29 is 14.9 Å². The molecule has 0 unspecified atom stereocenters. The first-order chi connectivity index (χ1) is 8.17. The Bertz CT molecular complexity index is 339. The maximum Gasteiger partial charge on any atom is 0.142 e. The van der Waals surface area contributed by atoms with E-state index < -0.39 is 0 Å². The molecule has 5 heteroatoms. The third kappa shape index (κ3) is 4.50. The van der Waals surface area contributed by atoms with Crippen molar-refractivity contribution in [1.29, 1.82) is 0 Å². The third-order valence-electron chi connectivity index (χ3n) is 2.58. The summed E-state index contributed by atoms with van der Waals surface area (Å²) in [5.41, 5.74) is 12.4. The highest BCUT2D eigenvalue weighted by Crippen LogP contribution is 2.24. The van der Waals surface area contributed by atoms with Crippen molar-refractivity contribution in [2.45, 2.75) is 12.8 Å². The minimum atomic E-state index is 0.0885. The van der Waals surface area contributed by atoms with E-state index in [1.54, 1.807) is 18.2 Å². The molecule has 0 bridgehead atoms. The molecule has 0 aromatic heterocycles. The zero-order valence-corrected chi connectivity index (χ0v) is 9.80. The summed E-state index contributed by atoms with van der Waals surface area (Å²) in [6.45, 7) is 0.603. The number of benzene rings is 1. The number of aliphatic hydroxyl groups is 2. The summed E-state index contributed by atoms with van der Waals surface area (Å²) >= 11 is 0. The first-order valence-electron chi connectivity index (χ1n) is 5.67. The lowest BCUT2D eigenvalue weighted by molar-refractivity contribution is 0.165. The number of hydrogen-bond acceptors (Lipinski definition) is 5. The lowest BCUT2D eigenvalue weighted by Crippen LogP contribution is -2.15. The summed E-state index contributed by atoms with van der Waals surface area (Å²) in [6.07, 6.45) is 1.21. The second kappa shape index (κ2) is 6.98. The average molecular weight is 240 g/mol. The summed E-state index contributed by atoms with van der Waals surface area (Å²) in [7, 11) is 0. The van der Waals surface area contributed by atoms with Gasteiger partial charge >= 0.3 is 0 Å². The van der Waals surface area contributed by atoms with E-state index >= 15 is 0 Å². The van der Waals surface area contributed by atoms with Gasteiger partial charge in [-0.15, -0.1) is 0 Å². The zero-order chi connectivity index (χ0) is 12.7. The molecular weight excluding hydrogens is 220 g/mol. The molecule has 17 heavy (non-hydrogen) atoms. The number of rotatable bonds is 7. The number of hydrogen-bond donors (Lipinski definition) is 4. The Balaban J connectivity index is 2.52. The highest BCUT2D eigenvalue weighted by atomic mass is 16.5. The highest BCUT2D eigenvalue weighted by Gasteiger charge is 2.10. The summed E-state index contributed by atoms with van der Waals surface area (Å²) in [4.78, 5) is 0. The first kappa shape index (κ1) is 13.6. The van der Waals surface area contributed by atoms with Crippen LogP contribution in [0, 0.1) is 5.92 Å². The van der Waals surface area contributed by atoms with E-state index in [1.165, 1.54) is 0 Å². The number of aliphatic hydroxyl groups excluding tert-OH is 2. The van der Waals surface area contributed by atoms with Crippen LogP contribution in [0.15, 0.2) is 18.2 Å². The van der Waals surface area contributed by atoms with Gasteiger partial charge in [0.1, 0.15) is 5.75 Å². The monoisotopic (exact) mass is 240 g/mol. The second-order valence-corrected chi connectivity index (χ2v) is 4.00. The molecule has 96 valence electrons. The maximum absolute atomic E-state index is 8.87. The molecule has 1 aromatic carbocycles. The lowest BCUT2D eigenvalue weighted by atomic mass is 10.0. The molecule has 0 saturated carbocycles. The molecule has 0 saturated heterocycles. The van der Waals surface area contributed by atoms with Crippen LogP contribution in [0.4, 0.5) is 11.4 Å². The predicted molar refractivity (Wildman–Crippen MR) is 67.7 cm³/mol. The average Bonchev–Trinajstić information content (AvgIpc) is 2.28. The Hall–Kier alpha value is -1.46. The van der Waals surface area contributed by atoms with Crippen LogP contribution in [0.1, 0.15) is 12.8 Å². The van der Waals surface area contributed by atoms with Gasteiger partial charge in [-0.2, -0.15) is 0 Å². The van der Waals surface area contributed by atoms with E-state index in [4.69, 9.17) is 26.4 Å². The minimum Gasteiger partial charge on any atom is -0.491 e. The molecule has 0 fully saturated rings. The summed E-state index contributed by atoms with van der Waals surface area (Å²) in [5, 5.41) is 17.7. The minimum absolute atomic E-state index is 0.0885. The van der Waals surface area contributed by atoms with Crippen molar-refractivity contribution in [2.24, 2.45) is 5.92 Å². The topological polar surface area (TPSA) is 102 Å². The van der Waals surface area contributed by atoms with Crippen LogP contribution >= 0.6 is 0 Å². The van der Waals surface area contributed by atoms with Crippen LogP contribution in [0.3, 0.4) is 0 Å². The van der Waals surface area contributed by atoms with E-state index in [2.05, 4.69) is 0 Å². The lowest BCUT2D eigenvalue weighted by Gasteiger charge is -2.16. The number of anilines is 2. The van der Waals surface area contributed by atoms with Crippen molar-refractivity contribution in [3.05, 3.63) is 18.2 Å². The zero-order valence-electron chi connectivity index (χ0n) is 9.80. The molecule has 0 amide bonds. The van der Waals surface area contributed by atoms with Crippen LogP contribution in [0.5, 0.6) is 5.75 Å². The molecule has 6 N–H and O–H groups in total. The van der Waals surface area contributed by atoms with Crippen molar-refractivity contribution in [2.75, 3.05) is 31.3 Å². The van der Waals surface area contributed by atoms with Crippen LogP contribution in [-0.2, 0) is 0 Å². The van der Waals surface area contributed by atoms with Gasteiger partial charge in [-0.05, 0) is 37.0 Å². The molecule has 0 aliphatic heterocycles. The molecule has 1 aromatic rings. The summed E-state index contributed by atoms with van der Waals surface area (Å²) in [6, 6.07) is 5.08. The maximum atomic E-state index is 8.87. The van der Waals surface area contributed by atoms with Crippen LogP contribution in [0.25, 0.3) is 0 Å². The first-order valence-corrected chi connectivity index (χ1v) is 5.67. The van der Waals surface area contributed by atoms with Crippen LogP contribution < -0.4 is 16.2 Å². The summed E-state index contributed by atoms with van der Waals surface area (Å²) in [5.74, 6) is 0.710. The van der Waals surface area contributed by atoms with Gasteiger partial charge in [-0.25, -0.2) is 0 Å². The number of ether oxygens (including phenoxy) is 1. The normalized spacial score (nSPS) is 10.8. The SMILES string of the molecule is Nc1ccc(OCC(CCO)CCO)c(N)c1. The van der Waals surface area contributed by atoms with Gasteiger partial charge in [-0.1, -0.05) is 0 Å². The van der Waals surface area contributed by atoms with Gasteiger partial charge < -0.3 is 26.4 Å². The molecule has 0 heterocycles. The number of nitrogen functional groups attached to an aromatic ring is 2. The van der Waals surface area contributed by atoms with E-state index in [-0.39, 0.29) is 19.1 Å². The van der Waals surface area contributed by atoms with Crippen molar-refractivity contribution in [3.8, 4) is 5.75 Å². The standard InChI is InChI=1S/C12H20N2O3/c13-10-1-2-12(11(14)7-10)17-8-9(3-5-15)4-6-16/h1-2,7,9,15-16H,3-6,8,13-14H2. The fourth-order valence-electron chi connectivity index (χ4n) is 1.58.